The smallest absolute Gasteiger partial charge is 0.251 e. The second-order valence-corrected chi connectivity index (χ2v) is 19.4. The normalized spacial score (nSPS) is 17.4. The summed E-state index contributed by atoms with van der Waals surface area (Å²) in [5.74, 6) is 6.00. The van der Waals surface area contributed by atoms with Gasteiger partial charge < -0.3 is 60.0 Å². The lowest BCUT2D eigenvalue weighted by molar-refractivity contribution is -0.117. The number of fused-ring (bicyclic) bond motifs is 2. The molecule has 6 N–H and O–H groups in total. The number of hydrogen-bond acceptors (Lipinski definition) is 15. The number of ketones is 1. The highest BCUT2D eigenvalue weighted by Crippen LogP contribution is 2.33. The third-order valence-electron chi connectivity index (χ3n) is 11.4. The number of amidine groups is 2. The number of amides is 2. The Kier molecular flexibility index (Phi) is 44.5. The van der Waals surface area contributed by atoms with Crippen LogP contribution in [-0.2, 0) is 42.7 Å². The number of hydrogen-bond donors (Lipinski definition) is 4. The van der Waals surface area contributed by atoms with Crippen molar-refractivity contribution < 1.29 is 52.3 Å². The minimum Gasteiger partial charge on any atom is -0.386 e. The number of nitrogens with zero attached hydrogens (tertiary/aromatic N) is 2. The van der Waals surface area contributed by atoms with Crippen LogP contribution in [0.1, 0.15) is 119 Å². The Morgan fingerprint density at radius 1 is 0.533 bits per heavy atom. The minimum atomic E-state index is -0.185. The number of ether oxygens (including phenoxy) is 8. The summed E-state index contributed by atoms with van der Waals surface area (Å²) in [4.78, 5) is 38.5. The van der Waals surface area contributed by atoms with Crippen molar-refractivity contribution in [3.8, 4) is 0 Å². The van der Waals surface area contributed by atoms with Crippen molar-refractivity contribution >= 4 is 72.0 Å². The molecule has 0 radical (unpaired) electrons. The van der Waals surface area contributed by atoms with E-state index in [0.717, 1.165) is 23.3 Å². The standard InChI is InChI=1S/C51H80N6O11S2.2C2H6.H2S/c1-40(52)56-57-50(53)44-13-15-47(16-14-44)55-48(58)17-19-61-21-23-63-25-27-65-29-31-67-33-34-68-32-30-66-28-26-64-24-22-62-20-18-54-51(60)45-11-9-43(10-12-45)49(59)46-38-69-36-41-7-5-3-2-4-6-8-42(35-41)37-70-39-46;2*1-2;/h9-16,41-42,46H,2-8,17-39H2,1H3,(H2,52,56)(H2,53,57)(H,54,60)(H,55,58);2*1-2H3;1H2. The highest BCUT2D eigenvalue weighted by atomic mass is 32.2. The van der Waals surface area contributed by atoms with E-state index in [4.69, 9.17) is 49.4 Å². The number of Topliss-reactive ketones (excluding diaryl/α,β-unsaturated/α-hetero) is 1. The SMILES string of the molecule is C/C(N)=N/N=C(\N)c1ccc(NC(=O)CCOCCOCCOCCOCCOCCOCCOCCOCCNC(=O)c2ccc(C(=O)C3CSCC4CCCCCCCC(CSC3)C4)cc2)cc1.CC.CC.S. The maximum absolute atomic E-state index is 13.6. The third-order valence-corrected chi connectivity index (χ3v) is 14.1. The van der Waals surface area contributed by atoms with Gasteiger partial charge in [-0.25, -0.2) is 0 Å². The number of nitrogens with one attached hydrogen (secondary N) is 2. The highest BCUT2D eigenvalue weighted by molar-refractivity contribution is 8.00. The first kappa shape index (κ1) is 69.7. The molecule has 0 aromatic heterocycles. The molecule has 2 aromatic rings. The molecule has 17 nitrogen and oxygen atoms in total. The average Bonchev–Trinajstić information content (AvgIpc) is 3.42. The Bertz CT molecular complexity index is 1780. The van der Waals surface area contributed by atoms with Crippen LogP contribution in [-0.4, -0.2) is 165 Å². The first-order valence-electron chi connectivity index (χ1n) is 27.0. The molecular formula is C55H94N6O11S3. The Balaban J connectivity index is 0.00000549. The lowest BCUT2D eigenvalue weighted by atomic mass is 9.87. The maximum atomic E-state index is 13.6. The summed E-state index contributed by atoms with van der Waals surface area (Å²) in [5.41, 5.74) is 13.9. The van der Waals surface area contributed by atoms with Crippen molar-refractivity contribution in [1.29, 1.82) is 0 Å². The molecule has 75 heavy (non-hydrogen) atoms. The minimum absolute atomic E-state index is 0. The van der Waals surface area contributed by atoms with E-state index in [9.17, 15) is 14.4 Å². The van der Waals surface area contributed by atoms with Crippen molar-refractivity contribution in [2.75, 3.05) is 141 Å². The molecule has 2 amide bonds. The van der Waals surface area contributed by atoms with Gasteiger partial charge in [-0.2, -0.15) is 37.0 Å². The number of benzene rings is 2. The number of thioether (sulfide) groups is 2. The third kappa shape index (κ3) is 35.0. The van der Waals surface area contributed by atoms with Gasteiger partial charge in [-0.1, -0.05) is 71.9 Å². The van der Waals surface area contributed by atoms with Crippen molar-refractivity contribution in [2.24, 2.45) is 39.4 Å². The largest absolute Gasteiger partial charge is 0.386 e. The molecule has 20 heteroatoms. The summed E-state index contributed by atoms with van der Waals surface area (Å²) in [6, 6.07) is 14.0. The topological polar surface area (TPSA) is 226 Å². The molecule has 2 fully saturated rings. The van der Waals surface area contributed by atoms with E-state index in [1.54, 1.807) is 55.5 Å². The van der Waals surface area contributed by atoms with Crippen molar-refractivity contribution in [2.45, 2.75) is 92.4 Å². The van der Waals surface area contributed by atoms with Crippen LogP contribution in [0, 0.1) is 17.8 Å². The highest BCUT2D eigenvalue weighted by Gasteiger charge is 2.25. The number of rotatable bonds is 33. The van der Waals surface area contributed by atoms with Crippen LogP contribution in [0.15, 0.2) is 58.7 Å². The molecule has 2 aromatic carbocycles. The van der Waals surface area contributed by atoms with Gasteiger partial charge in [0, 0.05) is 46.3 Å². The van der Waals surface area contributed by atoms with Crippen molar-refractivity contribution in [3.63, 3.8) is 0 Å². The van der Waals surface area contributed by atoms with Crippen LogP contribution >= 0.6 is 37.0 Å². The fourth-order valence-corrected chi connectivity index (χ4v) is 10.5. The summed E-state index contributed by atoms with van der Waals surface area (Å²) in [6.07, 6.45) is 11.0. The predicted molar refractivity (Wildman–Crippen MR) is 313 cm³/mol. The molecule has 2 bridgehead atoms. The summed E-state index contributed by atoms with van der Waals surface area (Å²) in [7, 11) is 0. The molecule has 2 atom stereocenters. The van der Waals surface area contributed by atoms with E-state index >= 15 is 0 Å². The maximum Gasteiger partial charge on any atom is 0.251 e. The first-order chi connectivity index (χ1) is 36.3. The molecule has 1 aliphatic carbocycles. The second kappa shape index (κ2) is 47.9. The summed E-state index contributed by atoms with van der Waals surface area (Å²) in [5, 5.41) is 13.3. The molecule has 1 heterocycles. The van der Waals surface area contributed by atoms with E-state index in [1.165, 1.54) is 62.9 Å². The zero-order valence-electron chi connectivity index (χ0n) is 45.9. The van der Waals surface area contributed by atoms with Gasteiger partial charge in [0.1, 0.15) is 5.84 Å². The molecule has 2 aliphatic rings. The van der Waals surface area contributed by atoms with E-state index in [2.05, 4.69) is 20.8 Å². The van der Waals surface area contributed by atoms with Gasteiger partial charge >= 0.3 is 0 Å². The van der Waals surface area contributed by atoms with Crippen LogP contribution < -0.4 is 22.1 Å². The first-order valence-corrected chi connectivity index (χ1v) is 29.3. The van der Waals surface area contributed by atoms with E-state index in [0.29, 0.717) is 134 Å². The summed E-state index contributed by atoms with van der Waals surface area (Å²) < 4.78 is 44.3. The average molecular weight is 1110 g/mol. The lowest BCUT2D eigenvalue weighted by Crippen LogP contribution is -2.28. The van der Waals surface area contributed by atoms with E-state index in [1.807, 2.05) is 51.2 Å². The van der Waals surface area contributed by atoms with Gasteiger partial charge in [0.25, 0.3) is 5.91 Å². The van der Waals surface area contributed by atoms with E-state index in [-0.39, 0.29) is 55.9 Å². The Morgan fingerprint density at radius 3 is 1.39 bits per heavy atom. The zero-order valence-corrected chi connectivity index (χ0v) is 48.6. The fraction of sp³-hybridized carbons (Fsp3) is 0.691. The van der Waals surface area contributed by atoms with Gasteiger partial charge in [0.2, 0.25) is 5.91 Å². The van der Waals surface area contributed by atoms with Crippen LogP contribution in [0.25, 0.3) is 0 Å². The monoisotopic (exact) mass is 1110 g/mol. The molecule has 428 valence electrons. The van der Waals surface area contributed by atoms with Gasteiger partial charge in [-0.3, -0.25) is 14.4 Å². The van der Waals surface area contributed by atoms with Crippen LogP contribution in [0.2, 0.25) is 0 Å². The second-order valence-electron chi connectivity index (χ2n) is 17.3. The zero-order chi connectivity index (χ0) is 53.7. The molecule has 1 saturated carbocycles. The van der Waals surface area contributed by atoms with Crippen molar-refractivity contribution in [3.05, 3.63) is 65.2 Å². The van der Waals surface area contributed by atoms with Crippen LogP contribution in [0.4, 0.5) is 5.69 Å². The molecule has 2 unspecified atom stereocenters. The van der Waals surface area contributed by atoms with Gasteiger partial charge in [0.05, 0.1) is 112 Å². The molecule has 0 spiro atoms. The Labute approximate surface area is 465 Å². The quantitative estimate of drug-likeness (QED) is 0.0173. The van der Waals surface area contributed by atoms with Gasteiger partial charge in [-0.15, -0.1) is 10.2 Å². The summed E-state index contributed by atoms with van der Waals surface area (Å²) >= 11 is 3.94. The number of carbonyl (C=O) groups is 3. The number of carbonyl (C=O) groups excluding carboxylic acids is 3. The predicted octanol–water partition coefficient (Wildman–Crippen LogP) is 8.39. The lowest BCUT2D eigenvalue weighted by Gasteiger charge is -2.27. The Morgan fingerprint density at radius 2 is 0.933 bits per heavy atom. The number of anilines is 1. The number of nitrogens with two attached hydrogens (primary N) is 2. The van der Waals surface area contributed by atoms with Gasteiger partial charge in [-0.05, 0) is 85.9 Å². The molecule has 4 rings (SSSR count). The van der Waals surface area contributed by atoms with E-state index < -0.39 is 0 Å². The van der Waals surface area contributed by atoms with Crippen LogP contribution in [0.3, 0.4) is 0 Å². The van der Waals surface area contributed by atoms with Crippen LogP contribution in [0.5, 0.6) is 0 Å². The van der Waals surface area contributed by atoms with Crippen molar-refractivity contribution in [1.82, 2.24) is 5.32 Å². The Hall–Kier alpha value is -3.28. The van der Waals surface area contributed by atoms with Gasteiger partial charge in [0.15, 0.2) is 11.6 Å². The molecule has 1 saturated heterocycles. The molecule has 1 aliphatic heterocycles. The molecular weight excluding hydrogens is 1020 g/mol. The fourth-order valence-electron chi connectivity index (χ4n) is 7.66. The summed E-state index contributed by atoms with van der Waals surface area (Å²) in [6.45, 7) is 16.7.